The molecule has 122 valence electrons. The van der Waals surface area contributed by atoms with Crippen molar-refractivity contribution < 1.29 is 17.9 Å². The van der Waals surface area contributed by atoms with Crippen LogP contribution in [0.4, 0.5) is 0 Å². The summed E-state index contributed by atoms with van der Waals surface area (Å²) in [6.07, 6.45) is 0.485. The molecule has 2 rings (SSSR count). The third-order valence-electron chi connectivity index (χ3n) is 3.93. The van der Waals surface area contributed by atoms with E-state index in [9.17, 15) is 13.2 Å². The summed E-state index contributed by atoms with van der Waals surface area (Å²) in [4.78, 5) is 16.1. The van der Waals surface area contributed by atoms with Crippen LogP contribution in [0.3, 0.4) is 0 Å². The van der Waals surface area contributed by atoms with Crippen LogP contribution in [0.5, 0.6) is 0 Å². The highest BCUT2D eigenvalue weighted by atomic mass is 32.2. The Balaban J connectivity index is 1.72. The van der Waals surface area contributed by atoms with Crippen molar-refractivity contribution in [1.29, 1.82) is 0 Å². The van der Waals surface area contributed by atoms with Crippen LogP contribution < -0.4 is 4.72 Å². The second-order valence-electron chi connectivity index (χ2n) is 5.19. The van der Waals surface area contributed by atoms with Crippen molar-refractivity contribution in [3.63, 3.8) is 0 Å². The van der Waals surface area contributed by atoms with Crippen molar-refractivity contribution in [2.75, 3.05) is 66.1 Å². The molecule has 0 aromatic heterocycles. The van der Waals surface area contributed by atoms with Crippen LogP contribution in [0.15, 0.2) is 0 Å². The van der Waals surface area contributed by atoms with Gasteiger partial charge in [0.05, 0.1) is 13.2 Å². The number of nitrogens with zero attached hydrogens (tertiary/aromatic N) is 3. The fourth-order valence-electron chi connectivity index (χ4n) is 2.54. The maximum atomic E-state index is 12.2. The van der Waals surface area contributed by atoms with E-state index in [0.717, 1.165) is 32.8 Å². The second-order valence-corrected chi connectivity index (χ2v) is 7.07. The van der Waals surface area contributed by atoms with Crippen LogP contribution >= 0.6 is 0 Å². The van der Waals surface area contributed by atoms with Gasteiger partial charge in [-0.15, -0.1) is 0 Å². The Kier molecular flexibility index (Phi) is 5.94. The van der Waals surface area contributed by atoms with Gasteiger partial charge in [-0.1, -0.05) is 0 Å². The number of carbonyl (C=O) groups excluding carboxylic acids is 1. The standard InChI is InChI=1S/C12H24N4O4S/c1-13-21(18,19)16-6-4-15(5-7-16)12(17)2-3-14-8-10-20-11-9-14/h13H,2-11H2,1H3. The molecule has 0 radical (unpaired) electrons. The lowest BCUT2D eigenvalue weighted by Crippen LogP contribution is -2.53. The summed E-state index contributed by atoms with van der Waals surface area (Å²) < 4.78 is 32.3. The maximum absolute atomic E-state index is 12.2. The van der Waals surface area contributed by atoms with E-state index >= 15 is 0 Å². The molecule has 2 aliphatic rings. The summed E-state index contributed by atoms with van der Waals surface area (Å²) in [5.74, 6) is 0.1000. The van der Waals surface area contributed by atoms with Crippen LogP contribution in [0, 0.1) is 0 Å². The average Bonchev–Trinajstić information content (AvgIpc) is 2.53. The molecule has 2 saturated heterocycles. The molecule has 0 atom stereocenters. The van der Waals surface area contributed by atoms with E-state index in [1.165, 1.54) is 11.4 Å². The van der Waals surface area contributed by atoms with Gasteiger partial charge in [0.1, 0.15) is 0 Å². The SMILES string of the molecule is CNS(=O)(=O)N1CCN(C(=O)CCN2CCOCC2)CC1. The minimum atomic E-state index is -3.38. The Bertz CT molecular complexity index is 442. The second kappa shape index (κ2) is 7.50. The third-order valence-corrected chi connectivity index (χ3v) is 5.50. The number of hydrogen-bond acceptors (Lipinski definition) is 5. The first-order valence-electron chi connectivity index (χ1n) is 7.29. The molecular formula is C12H24N4O4S. The van der Waals surface area contributed by atoms with E-state index < -0.39 is 10.2 Å². The molecule has 8 nitrogen and oxygen atoms in total. The lowest BCUT2D eigenvalue weighted by atomic mass is 10.3. The zero-order valence-corrected chi connectivity index (χ0v) is 13.3. The van der Waals surface area contributed by atoms with Gasteiger partial charge in [-0.2, -0.15) is 12.7 Å². The van der Waals surface area contributed by atoms with Crippen LogP contribution in [0.1, 0.15) is 6.42 Å². The summed E-state index contributed by atoms with van der Waals surface area (Å²) in [5, 5.41) is 0. The van der Waals surface area contributed by atoms with E-state index in [1.807, 2.05) is 0 Å². The summed E-state index contributed by atoms with van der Waals surface area (Å²) >= 11 is 0. The van der Waals surface area contributed by atoms with E-state index in [-0.39, 0.29) is 5.91 Å². The topological polar surface area (TPSA) is 82.2 Å². The maximum Gasteiger partial charge on any atom is 0.279 e. The number of ether oxygens (including phenoxy) is 1. The number of amides is 1. The summed E-state index contributed by atoms with van der Waals surface area (Å²) in [6.45, 7) is 5.59. The van der Waals surface area contributed by atoms with Gasteiger partial charge in [-0.25, -0.2) is 4.72 Å². The minimum Gasteiger partial charge on any atom is -0.379 e. The van der Waals surface area contributed by atoms with E-state index in [4.69, 9.17) is 4.74 Å². The van der Waals surface area contributed by atoms with E-state index in [0.29, 0.717) is 32.6 Å². The Hall–Kier alpha value is -0.740. The van der Waals surface area contributed by atoms with Crippen molar-refractivity contribution in [2.24, 2.45) is 0 Å². The molecule has 0 saturated carbocycles. The molecule has 0 unspecified atom stereocenters. The van der Waals surface area contributed by atoms with Gasteiger partial charge in [0.2, 0.25) is 5.91 Å². The summed E-state index contributed by atoms with van der Waals surface area (Å²) in [5.41, 5.74) is 0. The summed E-state index contributed by atoms with van der Waals surface area (Å²) in [6, 6.07) is 0. The lowest BCUT2D eigenvalue weighted by Gasteiger charge is -2.34. The van der Waals surface area contributed by atoms with Crippen molar-refractivity contribution in [3.05, 3.63) is 0 Å². The van der Waals surface area contributed by atoms with Gasteiger partial charge < -0.3 is 9.64 Å². The number of morpholine rings is 1. The monoisotopic (exact) mass is 320 g/mol. The molecular weight excluding hydrogens is 296 g/mol. The molecule has 1 amide bonds. The van der Waals surface area contributed by atoms with Crippen molar-refractivity contribution >= 4 is 16.1 Å². The van der Waals surface area contributed by atoms with Crippen LogP contribution in [0.25, 0.3) is 0 Å². The predicted octanol–water partition coefficient (Wildman–Crippen LogP) is -1.68. The van der Waals surface area contributed by atoms with Crippen molar-refractivity contribution in [3.8, 4) is 0 Å². The highest BCUT2D eigenvalue weighted by molar-refractivity contribution is 7.87. The largest absolute Gasteiger partial charge is 0.379 e. The molecule has 0 aliphatic carbocycles. The van der Waals surface area contributed by atoms with Crippen molar-refractivity contribution in [1.82, 2.24) is 18.8 Å². The fourth-order valence-corrected chi connectivity index (χ4v) is 3.45. The molecule has 9 heteroatoms. The van der Waals surface area contributed by atoms with Gasteiger partial charge in [-0.05, 0) is 0 Å². The summed E-state index contributed by atoms with van der Waals surface area (Å²) in [7, 11) is -1.98. The smallest absolute Gasteiger partial charge is 0.279 e. The molecule has 0 aromatic carbocycles. The number of rotatable bonds is 5. The van der Waals surface area contributed by atoms with Crippen LogP contribution in [-0.4, -0.2) is 94.5 Å². The molecule has 0 aromatic rings. The van der Waals surface area contributed by atoms with Crippen molar-refractivity contribution in [2.45, 2.75) is 6.42 Å². The molecule has 0 spiro atoms. The minimum absolute atomic E-state index is 0.1000. The molecule has 2 heterocycles. The average molecular weight is 320 g/mol. The molecule has 2 aliphatic heterocycles. The fraction of sp³-hybridized carbons (Fsp3) is 0.917. The van der Waals surface area contributed by atoms with Crippen LogP contribution in [0.2, 0.25) is 0 Å². The Labute approximate surface area is 126 Å². The number of piperazine rings is 1. The number of carbonyl (C=O) groups is 1. The van der Waals surface area contributed by atoms with Gasteiger partial charge in [0.15, 0.2) is 0 Å². The molecule has 2 fully saturated rings. The predicted molar refractivity (Wildman–Crippen MR) is 78.0 cm³/mol. The lowest BCUT2D eigenvalue weighted by molar-refractivity contribution is -0.133. The highest BCUT2D eigenvalue weighted by Gasteiger charge is 2.27. The van der Waals surface area contributed by atoms with Gasteiger partial charge in [0, 0.05) is 59.3 Å². The zero-order valence-electron chi connectivity index (χ0n) is 12.5. The van der Waals surface area contributed by atoms with Gasteiger partial charge in [-0.3, -0.25) is 9.69 Å². The molecule has 21 heavy (non-hydrogen) atoms. The number of hydrogen-bond donors (Lipinski definition) is 1. The first-order valence-corrected chi connectivity index (χ1v) is 8.73. The Morgan fingerprint density at radius 2 is 1.71 bits per heavy atom. The van der Waals surface area contributed by atoms with E-state index in [2.05, 4.69) is 9.62 Å². The molecule has 0 bridgehead atoms. The first-order chi connectivity index (χ1) is 10.0. The Morgan fingerprint density at radius 1 is 1.10 bits per heavy atom. The van der Waals surface area contributed by atoms with Crippen LogP contribution in [-0.2, 0) is 19.7 Å². The quantitative estimate of drug-likeness (QED) is 0.654. The van der Waals surface area contributed by atoms with E-state index in [1.54, 1.807) is 4.90 Å². The normalized spacial score (nSPS) is 22.4. The molecule has 1 N–H and O–H groups in total. The highest BCUT2D eigenvalue weighted by Crippen LogP contribution is 2.08. The Morgan fingerprint density at radius 3 is 2.29 bits per heavy atom. The van der Waals surface area contributed by atoms with Gasteiger partial charge >= 0.3 is 0 Å². The van der Waals surface area contributed by atoms with Gasteiger partial charge in [0.25, 0.3) is 10.2 Å². The zero-order chi connectivity index (χ0) is 15.3. The first kappa shape index (κ1) is 16.6. The third kappa shape index (κ3) is 4.62. The number of nitrogens with one attached hydrogen (secondary N) is 1.